The number of hydrogen-bond donors (Lipinski definition) is 0. The normalized spacial score (nSPS) is 11.1. The van der Waals surface area contributed by atoms with E-state index in [0.29, 0.717) is 5.76 Å². The van der Waals surface area contributed by atoms with Crippen molar-refractivity contribution in [3.63, 3.8) is 0 Å². The van der Waals surface area contributed by atoms with Gasteiger partial charge in [-0.2, -0.15) is 0 Å². The van der Waals surface area contributed by atoms with Gasteiger partial charge >= 0.3 is 0 Å². The molecule has 92 valence electrons. The number of benzene rings is 1. The molecule has 0 saturated heterocycles. The molecule has 1 heterocycles. The first-order valence-corrected chi connectivity index (χ1v) is 5.74. The summed E-state index contributed by atoms with van der Waals surface area (Å²) in [6, 6.07) is 5.60. The number of halogens is 3. The Balaban J connectivity index is 2.27. The van der Waals surface area contributed by atoms with Gasteiger partial charge in [-0.1, -0.05) is 23.2 Å². The zero-order valence-electron chi connectivity index (χ0n) is 8.99. The number of hydrogen-bond acceptors (Lipinski definition) is 2. The number of carbonyl (C=O) groups is 1. The minimum absolute atomic E-state index is 0.0568. The highest BCUT2D eigenvalue weighted by atomic mass is 35.5. The van der Waals surface area contributed by atoms with E-state index in [1.807, 2.05) is 0 Å². The lowest BCUT2D eigenvalue weighted by Gasteiger charge is -2.01. The molecule has 0 radical (unpaired) electrons. The molecule has 1 aromatic heterocycles. The summed E-state index contributed by atoms with van der Waals surface area (Å²) < 4.78 is 18.3. The van der Waals surface area contributed by atoms with E-state index in [1.165, 1.54) is 24.5 Å². The molecule has 0 spiro atoms. The fourth-order valence-electron chi connectivity index (χ4n) is 1.35. The van der Waals surface area contributed by atoms with Crippen LogP contribution in [0.15, 0.2) is 41.0 Å². The van der Waals surface area contributed by atoms with Gasteiger partial charge in [0.25, 0.3) is 0 Å². The summed E-state index contributed by atoms with van der Waals surface area (Å²) in [5, 5.41) is -0.0120. The first kappa shape index (κ1) is 12.9. The van der Waals surface area contributed by atoms with Gasteiger partial charge in [-0.3, -0.25) is 4.79 Å². The predicted octanol–water partition coefficient (Wildman–Crippen LogP) is 4.62. The smallest absolute Gasteiger partial charge is 0.187 e. The van der Waals surface area contributed by atoms with Crippen molar-refractivity contribution >= 4 is 35.1 Å². The molecule has 0 amide bonds. The van der Waals surface area contributed by atoms with Crippen LogP contribution in [0.4, 0.5) is 4.39 Å². The van der Waals surface area contributed by atoms with Crippen LogP contribution in [-0.2, 0) is 0 Å². The third-order valence-electron chi connectivity index (χ3n) is 2.22. The average molecular weight is 285 g/mol. The molecule has 0 bridgehead atoms. The van der Waals surface area contributed by atoms with Crippen molar-refractivity contribution in [2.24, 2.45) is 0 Å². The van der Waals surface area contributed by atoms with Crippen molar-refractivity contribution < 1.29 is 13.6 Å². The molecule has 0 aliphatic rings. The summed E-state index contributed by atoms with van der Waals surface area (Å²) in [5.41, 5.74) is 0.0568. The predicted molar refractivity (Wildman–Crippen MR) is 68.5 cm³/mol. The second-order valence-corrected chi connectivity index (χ2v) is 4.27. The zero-order chi connectivity index (χ0) is 13.1. The van der Waals surface area contributed by atoms with Crippen LogP contribution in [0.25, 0.3) is 6.08 Å². The molecule has 0 N–H and O–H groups in total. The van der Waals surface area contributed by atoms with Gasteiger partial charge in [-0.05, 0) is 36.4 Å². The average Bonchev–Trinajstić information content (AvgIpc) is 2.84. The second kappa shape index (κ2) is 5.38. The van der Waals surface area contributed by atoms with E-state index in [-0.39, 0.29) is 15.6 Å². The highest BCUT2D eigenvalue weighted by molar-refractivity contribution is 6.37. The van der Waals surface area contributed by atoms with E-state index in [1.54, 1.807) is 12.1 Å². The maximum absolute atomic E-state index is 13.2. The van der Waals surface area contributed by atoms with Crippen molar-refractivity contribution in [1.82, 2.24) is 0 Å². The van der Waals surface area contributed by atoms with Crippen LogP contribution in [-0.4, -0.2) is 5.78 Å². The van der Waals surface area contributed by atoms with Gasteiger partial charge in [0, 0.05) is 5.56 Å². The van der Waals surface area contributed by atoms with E-state index >= 15 is 0 Å². The van der Waals surface area contributed by atoms with Gasteiger partial charge in [0.2, 0.25) is 0 Å². The highest BCUT2D eigenvalue weighted by Crippen LogP contribution is 2.25. The molecule has 2 nitrogen and oxygen atoms in total. The second-order valence-electron chi connectivity index (χ2n) is 3.46. The largest absolute Gasteiger partial charge is 0.465 e. The molecule has 2 rings (SSSR count). The van der Waals surface area contributed by atoms with Crippen molar-refractivity contribution in [2.45, 2.75) is 0 Å². The van der Waals surface area contributed by atoms with Crippen LogP contribution >= 0.6 is 23.2 Å². The third-order valence-corrected chi connectivity index (χ3v) is 2.82. The zero-order valence-corrected chi connectivity index (χ0v) is 10.5. The van der Waals surface area contributed by atoms with E-state index in [2.05, 4.69) is 0 Å². The molecule has 0 saturated carbocycles. The molecule has 0 aliphatic heterocycles. The van der Waals surface area contributed by atoms with Crippen molar-refractivity contribution in [2.75, 3.05) is 0 Å². The molecule has 18 heavy (non-hydrogen) atoms. The van der Waals surface area contributed by atoms with E-state index in [0.717, 1.165) is 6.07 Å². The molecule has 0 fully saturated rings. The fraction of sp³-hybridized carbons (Fsp3) is 0. The molecule has 0 atom stereocenters. The van der Waals surface area contributed by atoms with Crippen LogP contribution < -0.4 is 0 Å². The minimum atomic E-state index is -0.684. The number of carbonyl (C=O) groups excluding carboxylic acids is 1. The van der Waals surface area contributed by atoms with Gasteiger partial charge < -0.3 is 4.42 Å². The minimum Gasteiger partial charge on any atom is -0.465 e. The lowest BCUT2D eigenvalue weighted by Crippen LogP contribution is -1.97. The maximum Gasteiger partial charge on any atom is 0.187 e. The Labute approximate surface area is 113 Å². The highest BCUT2D eigenvalue weighted by Gasteiger charge is 2.12. The van der Waals surface area contributed by atoms with Gasteiger partial charge in [-0.15, -0.1) is 0 Å². The van der Waals surface area contributed by atoms with E-state index < -0.39 is 11.6 Å². The van der Waals surface area contributed by atoms with Crippen LogP contribution in [0.1, 0.15) is 16.1 Å². The van der Waals surface area contributed by atoms with Crippen LogP contribution in [0, 0.1) is 5.82 Å². The topological polar surface area (TPSA) is 30.2 Å². The SMILES string of the molecule is O=C(/C=C\c1ccco1)c1cc(F)c(Cl)cc1Cl. The molecular weight excluding hydrogens is 278 g/mol. The summed E-state index contributed by atoms with van der Waals surface area (Å²) in [4.78, 5) is 11.8. The summed E-state index contributed by atoms with van der Waals surface area (Å²) in [7, 11) is 0. The molecule has 0 unspecified atom stereocenters. The van der Waals surface area contributed by atoms with Crippen molar-refractivity contribution in [1.29, 1.82) is 0 Å². The maximum atomic E-state index is 13.2. The first-order chi connectivity index (χ1) is 8.58. The molecule has 1 aromatic carbocycles. The lowest BCUT2D eigenvalue weighted by atomic mass is 10.1. The standard InChI is InChI=1S/C13H7Cl2FO2/c14-10-7-11(15)12(16)6-9(10)13(17)4-3-8-2-1-5-18-8/h1-7H/b4-3-. The van der Waals surface area contributed by atoms with Crippen LogP contribution in [0.2, 0.25) is 10.0 Å². The van der Waals surface area contributed by atoms with Crippen molar-refractivity contribution in [3.8, 4) is 0 Å². The molecule has 0 aliphatic carbocycles. The van der Waals surface area contributed by atoms with Gasteiger partial charge in [0.15, 0.2) is 5.78 Å². The summed E-state index contributed by atoms with van der Waals surface area (Å²) in [6.07, 6.45) is 4.22. The Kier molecular flexibility index (Phi) is 3.84. The van der Waals surface area contributed by atoms with Crippen molar-refractivity contribution in [3.05, 3.63) is 63.8 Å². The molecule has 2 aromatic rings. The summed E-state index contributed by atoms with van der Waals surface area (Å²) in [6.45, 7) is 0. The van der Waals surface area contributed by atoms with E-state index in [9.17, 15) is 9.18 Å². The third kappa shape index (κ3) is 2.81. The Morgan fingerprint density at radius 1 is 1.28 bits per heavy atom. The molecule has 5 heteroatoms. The van der Waals surface area contributed by atoms with Gasteiger partial charge in [0.05, 0.1) is 16.3 Å². The Morgan fingerprint density at radius 2 is 2.06 bits per heavy atom. The summed E-state index contributed by atoms with van der Waals surface area (Å²) >= 11 is 11.4. The monoisotopic (exact) mass is 284 g/mol. The number of allylic oxidation sites excluding steroid dienone is 1. The Bertz CT molecular complexity index is 604. The van der Waals surface area contributed by atoms with E-state index in [4.69, 9.17) is 27.6 Å². The Hall–Kier alpha value is -1.58. The molecular formula is C13H7Cl2FO2. The number of ketones is 1. The van der Waals surface area contributed by atoms with Gasteiger partial charge in [-0.25, -0.2) is 4.39 Å². The fourth-order valence-corrected chi connectivity index (χ4v) is 1.82. The van der Waals surface area contributed by atoms with Crippen LogP contribution in [0.3, 0.4) is 0 Å². The number of furan rings is 1. The summed E-state index contributed by atoms with van der Waals surface area (Å²) in [5.74, 6) is -0.586. The number of rotatable bonds is 3. The quantitative estimate of drug-likeness (QED) is 0.468. The first-order valence-electron chi connectivity index (χ1n) is 4.98. The lowest BCUT2D eigenvalue weighted by molar-refractivity contribution is 0.104. The van der Waals surface area contributed by atoms with Gasteiger partial charge in [0.1, 0.15) is 11.6 Å². The Morgan fingerprint density at radius 3 is 2.72 bits per heavy atom. The van der Waals surface area contributed by atoms with Crippen LogP contribution in [0.5, 0.6) is 0 Å².